The Labute approximate surface area is 104 Å². The van der Waals surface area contributed by atoms with Gasteiger partial charge in [-0.1, -0.05) is 0 Å². The number of nitrogens with zero attached hydrogens (tertiary/aromatic N) is 5. The second-order valence-electron chi connectivity index (χ2n) is 3.36. The van der Waals surface area contributed by atoms with Crippen LogP contribution in [0.4, 0.5) is 5.82 Å². The van der Waals surface area contributed by atoms with Crippen LogP contribution >= 0.6 is 15.9 Å². The zero-order valence-corrected chi connectivity index (χ0v) is 10.2. The van der Waals surface area contributed by atoms with Crippen molar-refractivity contribution in [1.29, 1.82) is 0 Å². The lowest BCUT2D eigenvalue weighted by Crippen LogP contribution is -2.12. The molecule has 0 amide bonds. The van der Waals surface area contributed by atoms with Crippen LogP contribution in [0.5, 0.6) is 0 Å². The third-order valence-corrected chi connectivity index (χ3v) is 2.68. The Hall–Kier alpha value is -1.93. The Bertz CT molecular complexity index is 671. The minimum Gasteiger partial charge on any atom is -0.307 e. The minimum atomic E-state index is 0.539. The molecule has 8 heteroatoms. The van der Waals surface area contributed by atoms with Crippen LogP contribution in [0, 0.1) is 0 Å². The van der Waals surface area contributed by atoms with Crippen LogP contribution in [-0.2, 0) is 0 Å². The Morgan fingerprint density at radius 2 is 2.24 bits per heavy atom. The Kier molecular flexibility index (Phi) is 2.30. The fourth-order valence-corrected chi connectivity index (χ4v) is 1.84. The van der Waals surface area contributed by atoms with E-state index >= 15 is 0 Å². The number of nitrogens with one attached hydrogen (secondary N) is 1. The lowest BCUT2D eigenvalue weighted by atomic mass is 10.5. The molecule has 0 spiro atoms. The first kappa shape index (κ1) is 10.2. The van der Waals surface area contributed by atoms with E-state index in [1.807, 2.05) is 10.6 Å². The molecular formula is C9H8BrN7. The SMILES string of the molecule is NNc1cn2ccnc2c(-n2cc(Br)cn2)n1. The van der Waals surface area contributed by atoms with E-state index in [4.69, 9.17) is 5.84 Å². The molecule has 3 rings (SSSR count). The van der Waals surface area contributed by atoms with Crippen molar-refractivity contribution < 1.29 is 0 Å². The average Bonchev–Trinajstić information content (AvgIpc) is 2.95. The molecule has 0 saturated carbocycles. The van der Waals surface area contributed by atoms with Crippen LogP contribution in [0.15, 0.2) is 35.5 Å². The first-order valence-corrected chi connectivity index (χ1v) is 5.58. The van der Waals surface area contributed by atoms with E-state index in [0.717, 1.165) is 4.47 Å². The van der Waals surface area contributed by atoms with Gasteiger partial charge in [-0.05, 0) is 15.9 Å². The number of rotatable bonds is 2. The van der Waals surface area contributed by atoms with Crippen LogP contribution in [0.2, 0.25) is 0 Å². The molecule has 0 aromatic carbocycles. The molecule has 3 aromatic heterocycles. The van der Waals surface area contributed by atoms with Gasteiger partial charge in [-0.3, -0.25) is 0 Å². The summed E-state index contributed by atoms with van der Waals surface area (Å²) in [5.41, 5.74) is 3.22. The Balaban J connectivity index is 2.29. The molecule has 7 nitrogen and oxygen atoms in total. The monoisotopic (exact) mass is 293 g/mol. The van der Waals surface area contributed by atoms with Gasteiger partial charge in [-0.25, -0.2) is 20.5 Å². The van der Waals surface area contributed by atoms with E-state index in [-0.39, 0.29) is 0 Å². The third-order valence-electron chi connectivity index (χ3n) is 2.27. The summed E-state index contributed by atoms with van der Waals surface area (Å²) in [6.07, 6.45) is 8.75. The van der Waals surface area contributed by atoms with Crippen molar-refractivity contribution in [2.24, 2.45) is 5.84 Å². The molecule has 0 bridgehead atoms. The van der Waals surface area contributed by atoms with Crippen LogP contribution in [0.1, 0.15) is 0 Å². The zero-order valence-electron chi connectivity index (χ0n) is 8.58. The van der Waals surface area contributed by atoms with Gasteiger partial charge in [0.05, 0.1) is 16.9 Å². The van der Waals surface area contributed by atoms with Crippen LogP contribution < -0.4 is 11.3 Å². The largest absolute Gasteiger partial charge is 0.307 e. The highest BCUT2D eigenvalue weighted by Gasteiger charge is 2.10. The molecule has 0 saturated heterocycles. The van der Waals surface area contributed by atoms with Gasteiger partial charge in [-0.2, -0.15) is 5.10 Å². The lowest BCUT2D eigenvalue weighted by Gasteiger charge is -2.06. The number of nitrogens with two attached hydrogens (primary N) is 1. The van der Waals surface area contributed by atoms with Gasteiger partial charge < -0.3 is 9.83 Å². The number of hydrogen-bond donors (Lipinski definition) is 2. The van der Waals surface area contributed by atoms with Crippen molar-refractivity contribution in [3.63, 3.8) is 0 Å². The van der Waals surface area contributed by atoms with Gasteiger partial charge in [-0.15, -0.1) is 0 Å². The van der Waals surface area contributed by atoms with E-state index in [1.54, 1.807) is 29.5 Å². The maximum Gasteiger partial charge on any atom is 0.199 e. The summed E-state index contributed by atoms with van der Waals surface area (Å²) < 4.78 is 4.33. The molecular weight excluding hydrogens is 286 g/mol. The second kappa shape index (κ2) is 3.82. The standard InChI is InChI=1S/C9H8BrN7/c10-6-3-13-17(4-6)9-8-12-1-2-16(8)5-7(14-9)15-11/h1-5,15H,11H2. The van der Waals surface area contributed by atoms with Crippen LogP contribution in [0.25, 0.3) is 11.5 Å². The molecule has 86 valence electrons. The van der Waals surface area contributed by atoms with Gasteiger partial charge in [0, 0.05) is 18.6 Å². The van der Waals surface area contributed by atoms with Gasteiger partial charge >= 0.3 is 0 Å². The van der Waals surface area contributed by atoms with Crippen molar-refractivity contribution in [2.75, 3.05) is 5.43 Å². The zero-order chi connectivity index (χ0) is 11.8. The molecule has 0 aliphatic carbocycles. The normalized spacial score (nSPS) is 10.9. The summed E-state index contributed by atoms with van der Waals surface area (Å²) in [4.78, 5) is 8.57. The number of aromatic nitrogens is 5. The molecule has 0 fully saturated rings. The number of anilines is 1. The number of hydrazine groups is 1. The highest BCUT2D eigenvalue weighted by Crippen LogP contribution is 2.16. The van der Waals surface area contributed by atoms with Crippen LogP contribution in [0.3, 0.4) is 0 Å². The highest BCUT2D eigenvalue weighted by atomic mass is 79.9. The third kappa shape index (κ3) is 1.67. The number of fused-ring (bicyclic) bond motifs is 1. The first-order valence-electron chi connectivity index (χ1n) is 4.79. The fourth-order valence-electron chi connectivity index (χ4n) is 1.56. The Morgan fingerprint density at radius 3 is 2.94 bits per heavy atom. The highest BCUT2D eigenvalue weighted by molar-refractivity contribution is 9.10. The first-order chi connectivity index (χ1) is 8.28. The van der Waals surface area contributed by atoms with E-state index < -0.39 is 0 Å². The Morgan fingerprint density at radius 1 is 1.35 bits per heavy atom. The number of nitrogen functional groups attached to an aromatic ring is 1. The predicted molar refractivity (Wildman–Crippen MR) is 65.6 cm³/mol. The van der Waals surface area contributed by atoms with Crippen molar-refractivity contribution in [1.82, 2.24) is 24.1 Å². The van der Waals surface area contributed by atoms with E-state index in [0.29, 0.717) is 17.3 Å². The molecule has 0 aliphatic rings. The molecule has 3 aromatic rings. The van der Waals surface area contributed by atoms with Crippen molar-refractivity contribution >= 4 is 27.4 Å². The van der Waals surface area contributed by atoms with E-state index in [9.17, 15) is 0 Å². The minimum absolute atomic E-state index is 0.539. The molecule has 0 radical (unpaired) electrons. The smallest absolute Gasteiger partial charge is 0.199 e. The maximum atomic E-state index is 5.38. The van der Waals surface area contributed by atoms with E-state index in [2.05, 4.69) is 36.4 Å². The second-order valence-corrected chi connectivity index (χ2v) is 4.27. The van der Waals surface area contributed by atoms with Crippen LogP contribution in [-0.4, -0.2) is 24.1 Å². The van der Waals surface area contributed by atoms with Crippen molar-refractivity contribution in [2.45, 2.75) is 0 Å². The summed E-state index contributed by atoms with van der Waals surface area (Å²) in [6, 6.07) is 0. The lowest BCUT2D eigenvalue weighted by molar-refractivity contribution is 0.842. The summed E-state index contributed by atoms with van der Waals surface area (Å²) in [5.74, 6) is 6.52. The summed E-state index contributed by atoms with van der Waals surface area (Å²) in [5, 5.41) is 4.18. The van der Waals surface area contributed by atoms with Gasteiger partial charge in [0.2, 0.25) is 0 Å². The quantitative estimate of drug-likeness (QED) is 0.543. The molecule has 3 heterocycles. The number of halogens is 1. The van der Waals surface area contributed by atoms with Gasteiger partial charge in [0.1, 0.15) is 0 Å². The van der Waals surface area contributed by atoms with Gasteiger partial charge in [0.15, 0.2) is 17.3 Å². The molecule has 3 N–H and O–H groups in total. The number of imidazole rings is 1. The van der Waals surface area contributed by atoms with Crippen molar-refractivity contribution in [3.8, 4) is 5.82 Å². The predicted octanol–water partition coefficient (Wildman–Crippen LogP) is 0.963. The van der Waals surface area contributed by atoms with E-state index in [1.165, 1.54) is 0 Å². The summed E-state index contributed by atoms with van der Waals surface area (Å²) in [7, 11) is 0. The summed E-state index contributed by atoms with van der Waals surface area (Å²) >= 11 is 3.34. The van der Waals surface area contributed by atoms with Crippen molar-refractivity contribution in [3.05, 3.63) is 35.5 Å². The average molecular weight is 294 g/mol. The molecule has 0 atom stereocenters. The van der Waals surface area contributed by atoms with Gasteiger partial charge in [0.25, 0.3) is 0 Å². The number of hydrogen-bond acceptors (Lipinski definition) is 5. The fraction of sp³-hybridized carbons (Fsp3) is 0. The molecule has 0 unspecified atom stereocenters. The summed E-state index contributed by atoms with van der Waals surface area (Å²) in [6.45, 7) is 0. The molecule has 17 heavy (non-hydrogen) atoms. The maximum absolute atomic E-state index is 5.38. The topological polar surface area (TPSA) is 86.1 Å². The molecule has 0 aliphatic heterocycles.